The Labute approximate surface area is 152 Å². The van der Waals surface area contributed by atoms with Gasteiger partial charge in [-0.25, -0.2) is 0 Å². The second kappa shape index (κ2) is 8.17. The van der Waals surface area contributed by atoms with E-state index in [1.165, 1.54) is 4.88 Å². The minimum Gasteiger partial charge on any atom is -0.479 e. The van der Waals surface area contributed by atoms with Gasteiger partial charge in [0.15, 0.2) is 0 Å². The number of nitrogens with one attached hydrogen (secondary N) is 1. The average molecular weight is 354 g/mol. The summed E-state index contributed by atoms with van der Waals surface area (Å²) in [5.41, 5.74) is 0.604. The van der Waals surface area contributed by atoms with Gasteiger partial charge >= 0.3 is 0 Å². The van der Waals surface area contributed by atoms with Crippen LogP contribution >= 0.6 is 11.3 Å². The van der Waals surface area contributed by atoms with Crippen LogP contribution in [0.4, 0.5) is 0 Å². The number of hydrogen-bond acceptors (Lipinski definition) is 4. The second-order valence-corrected chi connectivity index (χ2v) is 7.17. The normalized spacial score (nSPS) is 15.2. The van der Waals surface area contributed by atoms with E-state index in [1.54, 1.807) is 17.5 Å². The van der Waals surface area contributed by atoms with Gasteiger partial charge in [0.25, 0.3) is 0 Å². The van der Waals surface area contributed by atoms with Crippen LogP contribution in [0, 0.1) is 18.8 Å². The summed E-state index contributed by atoms with van der Waals surface area (Å²) in [6, 6.07) is 7.86. The number of hydrogen-bond donors (Lipinski definition) is 1. The van der Waals surface area contributed by atoms with Gasteiger partial charge in [-0.3, -0.25) is 9.78 Å². The molecule has 0 atom stereocenters. The Balaban J connectivity index is 1.48. The number of carbonyl (C=O) groups excluding carboxylic acids is 1. The Morgan fingerprint density at radius 2 is 2.16 bits per heavy atom. The van der Waals surface area contributed by atoms with Crippen molar-refractivity contribution in [3.63, 3.8) is 0 Å². The zero-order chi connectivity index (χ0) is 17.5. The van der Waals surface area contributed by atoms with Gasteiger partial charge in [0.05, 0.1) is 18.2 Å². The van der Waals surface area contributed by atoms with E-state index in [-0.39, 0.29) is 17.9 Å². The molecule has 1 amide bonds. The van der Waals surface area contributed by atoms with E-state index in [0.29, 0.717) is 12.3 Å². The second-order valence-electron chi connectivity index (χ2n) is 6.23. The van der Waals surface area contributed by atoms with Crippen LogP contribution in [-0.4, -0.2) is 24.0 Å². The van der Waals surface area contributed by atoms with Gasteiger partial charge in [-0.2, -0.15) is 0 Å². The lowest BCUT2D eigenvalue weighted by Gasteiger charge is -2.26. The highest BCUT2D eigenvalue weighted by molar-refractivity contribution is 7.10. The van der Waals surface area contributed by atoms with E-state index < -0.39 is 0 Å². The van der Waals surface area contributed by atoms with Crippen LogP contribution in [0.1, 0.15) is 36.3 Å². The molecule has 0 saturated heterocycles. The molecule has 2 heterocycles. The molecular weight excluding hydrogens is 332 g/mol. The lowest BCUT2D eigenvalue weighted by atomic mass is 9.83. The Kier molecular flexibility index (Phi) is 5.72. The highest BCUT2D eigenvalue weighted by Crippen LogP contribution is 2.43. The van der Waals surface area contributed by atoms with E-state index >= 15 is 0 Å². The summed E-state index contributed by atoms with van der Waals surface area (Å²) in [6.45, 7) is 2.57. The van der Waals surface area contributed by atoms with Crippen molar-refractivity contribution in [3.8, 4) is 17.6 Å². The highest BCUT2D eigenvalue weighted by atomic mass is 32.1. The number of aromatic nitrogens is 1. The van der Waals surface area contributed by atoms with Gasteiger partial charge in [0, 0.05) is 10.6 Å². The van der Waals surface area contributed by atoms with Crippen LogP contribution in [0.15, 0.2) is 35.8 Å². The maximum absolute atomic E-state index is 12.7. The summed E-state index contributed by atoms with van der Waals surface area (Å²) in [5, 5.41) is 5.03. The van der Waals surface area contributed by atoms with Gasteiger partial charge in [0.2, 0.25) is 5.91 Å². The number of rotatable bonds is 5. The first-order chi connectivity index (χ1) is 12.2. The molecule has 1 fully saturated rings. The van der Waals surface area contributed by atoms with Crippen molar-refractivity contribution < 1.29 is 9.53 Å². The van der Waals surface area contributed by atoms with Crippen LogP contribution < -0.4 is 10.1 Å². The number of ether oxygens (including phenoxy) is 1. The highest BCUT2D eigenvalue weighted by Gasteiger charge is 2.43. The van der Waals surface area contributed by atoms with E-state index in [0.717, 1.165) is 31.4 Å². The zero-order valence-electron chi connectivity index (χ0n) is 14.4. The van der Waals surface area contributed by atoms with E-state index in [1.807, 2.05) is 30.5 Å². The molecule has 3 rings (SSSR count). The quantitative estimate of drug-likeness (QED) is 0.837. The number of nitrogens with zero attached hydrogens (tertiary/aromatic N) is 1. The van der Waals surface area contributed by atoms with Crippen molar-refractivity contribution in [1.29, 1.82) is 0 Å². The molecule has 1 aliphatic rings. The van der Waals surface area contributed by atoms with E-state index in [4.69, 9.17) is 4.74 Å². The molecule has 130 valence electrons. The molecule has 4 nitrogen and oxygen atoms in total. The number of amides is 1. The summed E-state index contributed by atoms with van der Waals surface area (Å²) < 4.78 is 5.50. The standard InChI is InChI=1S/C20H22N2O2S/c1-16-8-9-17(15-22-16)24-13-5-4-12-21-19(23)20(10-2-3-11-20)18-7-6-14-25-18/h6-9,14-15H,2-3,10-13H2,1H3,(H,21,23). The minimum atomic E-state index is -0.347. The average Bonchev–Trinajstić information content (AvgIpc) is 3.31. The molecule has 2 aromatic heterocycles. The molecule has 0 spiro atoms. The molecule has 2 aromatic rings. The van der Waals surface area contributed by atoms with Crippen molar-refractivity contribution >= 4 is 17.2 Å². The maximum atomic E-state index is 12.7. The zero-order valence-corrected chi connectivity index (χ0v) is 15.2. The maximum Gasteiger partial charge on any atom is 0.232 e. The number of pyridine rings is 1. The van der Waals surface area contributed by atoms with Gasteiger partial charge in [-0.05, 0) is 43.3 Å². The molecule has 0 radical (unpaired) electrons. The SMILES string of the molecule is Cc1ccc(OCC#CCNC(=O)C2(c3cccs3)CCCC2)cn1. The van der Waals surface area contributed by atoms with Crippen LogP contribution in [0.3, 0.4) is 0 Å². The van der Waals surface area contributed by atoms with Gasteiger partial charge < -0.3 is 10.1 Å². The first-order valence-electron chi connectivity index (χ1n) is 8.54. The van der Waals surface area contributed by atoms with Crippen LogP contribution in [0.25, 0.3) is 0 Å². The third kappa shape index (κ3) is 4.21. The number of thiophene rings is 1. The number of carbonyl (C=O) groups is 1. The molecule has 0 bridgehead atoms. The molecule has 1 N–H and O–H groups in total. The fraction of sp³-hybridized carbons (Fsp3) is 0.400. The lowest BCUT2D eigenvalue weighted by Crippen LogP contribution is -2.42. The summed E-state index contributed by atoms with van der Waals surface area (Å²) >= 11 is 1.67. The summed E-state index contributed by atoms with van der Waals surface area (Å²) in [5.74, 6) is 6.69. The van der Waals surface area contributed by atoms with Crippen LogP contribution in [-0.2, 0) is 10.2 Å². The summed E-state index contributed by atoms with van der Waals surface area (Å²) in [4.78, 5) is 18.1. The molecule has 25 heavy (non-hydrogen) atoms. The lowest BCUT2D eigenvalue weighted by molar-refractivity contribution is -0.126. The molecule has 0 unspecified atom stereocenters. The fourth-order valence-electron chi connectivity index (χ4n) is 3.18. The van der Waals surface area contributed by atoms with Gasteiger partial charge in [-0.1, -0.05) is 30.7 Å². The first-order valence-corrected chi connectivity index (χ1v) is 9.42. The Bertz CT molecular complexity index is 751. The largest absolute Gasteiger partial charge is 0.479 e. The predicted molar refractivity (Wildman–Crippen MR) is 99.7 cm³/mol. The topological polar surface area (TPSA) is 51.2 Å². The van der Waals surface area contributed by atoms with Gasteiger partial charge in [0.1, 0.15) is 12.4 Å². The monoisotopic (exact) mass is 354 g/mol. The fourth-order valence-corrected chi connectivity index (χ4v) is 4.16. The molecule has 0 aliphatic heterocycles. The molecular formula is C20H22N2O2S. The predicted octanol–water partition coefficient (Wildman–Crippen LogP) is 3.46. The Hall–Kier alpha value is -2.32. The summed E-state index contributed by atoms with van der Waals surface area (Å²) in [6.07, 6.45) is 5.75. The molecule has 0 aromatic carbocycles. The van der Waals surface area contributed by atoms with E-state index in [9.17, 15) is 4.79 Å². The molecule has 1 aliphatic carbocycles. The summed E-state index contributed by atoms with van der Waals surface area (Å²) in [7, 11) is 0. The minimum absolute atomic E-state index is 0.102. The smallest absolute Gasteiger partial charge is 0.232 e. The van der Waals surface area contributed by atoms with Crippen molar-refractivity contribution in [1.82, 2.24) is 10.3 Å². The molecule has 1 saturated carbocycles. The Morgan fingerprint density at radius 3 is 2.84 bits per heavy atom. The van der Waals surface area contributed by atoms with E-state index in [2.05, 4.69) is 28.2 Å². The molecule has 5 heteroatoms. The van der Waals surface area contributed by atoms with Crippen molar-refractivity contribution in [2.75, 3.05) is 13.2 Å². The first kappa shape index (κ1) is 17.5. The number of aryl methyl sites for hydroxylation is 1. The third-order valence-electron chi connectivity index (χ3n) is 4.54. The van der Waals surface area contributed by atoms with Crippen LogP contribution in [0.5, 0.6) is 5.75 Å². The van der Waals surface area contributed by atoms with Crippen LogP contribution in [0.2, 0.25) is 0 Å². The van der Waals surface area contributed by atoms with Crippen molar-refractivity contribution in [2.45, 2.75) is 38.0 Å². The van der Waals surface area contributed by atoms with Gasteiger partial charge in [-0.15, -0.1) is 11.3 Å². The Morgan fingerprint density at radius 1 is 1.32 bits per heavy atom. The van der Waals surface area contributed by atoms with Crippen molar-refractivity contribution in [2.24, 2.45) is 0 Å². The van der Waals surface area contributed by atoms with Crippen molar-refractivity contribution in [3.05, 3.63) is 46.4 Å². The third-order valence-corrected chi connectivity index (χ3v) is 5.62.